The van der Waals surface area contributed by atoms with Crippen LogP contribution in [0.3, 0.4) is 0 Å². The highest BCUT2D eigenvalue weighted by molar-refractivity contribution is 6.08. The predicted molar refractivity (Wildman–Crippen MR) is 112 cm³/mol. The van der Waals surface area contributed by atoms with Crippen molar-refractivity contribution in [3.8, 4) is 0 Å². The van der Waals surface area contributed by atoms with Crippen LogP contribution in [0.4, 0.5) is 0 Å². The number of para-hydroxylation sites is 1. The quantitative estimate of drug-likeness (QED) is 0.652. The first-order valence-corrected chi connectivity index (χ1v) is 9.78. The zero-order chi connectivity index (χ0) is 19.5. The number of H-pyrrole nitrogens is 1. The summed E-state index contributed by atoms with van der Waals surface area (Å²) in [6.45, 7) is 2.74. The van der Waals surface area contributed by atoms with Crippen molar-refractivity contribution < 1.29 is 9.59 Å². The van der Waals surface area contributed by atoms with Crippen LogP contribution in [-0.4, -0.2) is 34.2 Å². The van der Waals surface area contributed by atoms with E-state index in [1.807, 2.05) is 54.3 Å². The first kappa shape index (κ1) is 18.2. The lowest BCUT2D eigenvalue weighted by Crippen LogP contribution is -2.40. The summed E-state index contributed by atoms with van der Waals surface area (Å²) in [7, 11) is 0. The molecule has 142 valence electrons. The second-order valence-corrected chi connectivity index (χ2v) is 7.31. The number of aromatic amines is 1. The molecule has 28 heavy (non-hydrogen) atoms. The number of fused-ring (bicyclic) bond motifs is 1. The fourth-order valence-electron chi connectivity index (χ4n) is 3.95. The van der Waals surface area contributed by atoms with Gasteiger partial charge in [-0.2, -0.15) is 0 Å². The molecule has 1 amide bonds. The van der Waals surface area contributed by atoms with Gasteiger partial charge in [-0.1, -0.05) is 54.6 Å². The van der Waals surface area contributed by atoms with Gasteiger partial charge in [-0.25, -0.2) is 0 Å². The van der Waals surface area contributed by atoms with Gasteiger partial charge in [0.15, 0.2) is 5.78 Å². The molecule has 0 saturated carbocycles. The number of benzene rings is 2. The topological polar surface area (TPSA) is 53.2 Å². The third-order valence-electron chi connectivity index (χ3n) is 5.48. The molecular formula is C24H24N2O2. The molecule has 3 aromatic rings. The standard InChI is InChI=1S/C24H24N2O2/c1-17-15-19(18-7-3-2-4-8-18)13-14-26(17)24(28)12-11-23(27)21-16-25-22-10-6-5-9-20(21)22/h2-10,15-17,25H,11-14H2,1H3. The molecule has 4 heteroatoms. The van der Waals surface area contributed by atoms with Crippen molar-refractivity contribution in [2.24, 2.45) is 0 Å². The van der Waals surface area contributed by atoms with Crippen molar-refractivity contribution in [1.82, 2.24) is 9.88 Å². The summed E-state index contributed by atoms with van der Waals surface area (Å²) < 4.78 is 0. The Labute approximate surface area is 164 Å². The third kappa shape index (κ3) is 3.63. The van der Waals surface area contributed by atoms with Crippen molar-refractivity contribution in [3.05, 3.63) is 78.0 Å². The number of hydrogen-bond donors (Lipinski definition) is 1. The molecule has 0 spiro atoms. The summed E-state index contributed by atoms with van der Waals surface area (Å²) in [5.74, 6) is 0.0556. The Morgan fingerprint density at radius 1 is 1.04 bits per heavy atom. The summed E-state index contributed by atoms with van der Waals surface area (Å²) in [5, 5.41) is 0.918. The minimum atomic E-state index is 0.0102. The minimum absolute atomic E-state index is 0.0102. The molecule has 1 unspecified atom stereocenters. The van der Waals surface area contributed by atoms with E-state index in [-0.39, 0.29) is 30.6 Å². The summed E-state index contributed by atoms with van der Waals surface area (Å²) in [4.78, 5) is 30.4. The average Bonchev–Trinajstić information content (AvgIpc) is 3.16. The van der Waals surface area contributed by atoms with Gasteiger partial charge in [0, 0.05) is 48.1 Å². The smallest absolute Gasteiger partial charge is 0.223 e. The van der Waals surface area contributed by atoms with Gasteiger partial charge in [0.2, 0.25) is 5.91 Å². The largest absolute Gasteiger partial charge is 0.360 e. The molecule has 1 aromatic heterocycles. The number of nitrogens with zero attached hydrogens (tertiary/aromatic N) is 1. The molecule has 0 radical (unpaired) electrons. The normalized spacial score (nSPS) is 16.8. The van der Waals surface area contributed by atoms with Gasteiger partial charge in [0.25, 0.3) is 0 Å². The van der Waals surface area contributed by atoms with E-state index in [0.29, 0.717) is 12.1 Å². The molecule has 0 saturated heterocycles. The Morgan fingerprint density at radius 2 is 1.79 bits per heavy atom. The Balaban J connectivity index is 1.39. The maximum atomic E-state index is 12.7. The summed E-state index contributed by atoms with van der Waals surface area (Å²) in [6, 6.07) is 18.1. The lowest BCUT2D eigenvalue weighted by Gasteiger charge is -2.32. The van der Waals surface area contributed by atoms with Crippen LogP contribution in [-0.2, 0) is 4.79 Å². The van der Waals surface area contributed by atoms with Crippen molar-refractivity contribution in [1.29, 1.82) is 0 Å². The second kappa shape index (κ2) is 7.85. The number of amides is 1. The summed E-state index contributed by atoms with van der Waals surface area (Å²) in [6.07, 6.45) is 5.24. The molecule has 1 atom stereocenters. The second-order valence-electron chi connectivity index (χ2n) is 7.31. The average molecular weight is 372 g/mol. The highest BCUT2D eigenvalue weighted by atomic mass is 16.2. The molecule has 4 rings (SSSR count). The molecule has 1 aliphatic rings. The van der Waals surface area contributed by atoms with Crippen LogP contribution in [0.2, 0.25) is 0 Å². The number of aromatic nitrogens is 1. The number of carbonyl (C=O) groups is 2. The van der Waals surface area contributed by atoms with E-state index in [0.717, 1.165) is 17.3 Å². The monoisotopic (exact) mass is 372 g/mol. The third-order valence-corrected chi connectivity index (χ3v) is 5.48. The van der Waals surface area contributed by atoms with Crippen LogP contribution in [0.25, 0.3) is 16.5 Å². The number of nitrogens with one attached hydrogen (secondary N) is 1. The van der Waals surface area contributed by atoms with Gasteiger partial charge >= 0.3 is 0 Å². The van der Waals surface area contributed by atoms with E-state index in [1.165, 1.54) is 11.1 Å². The predicted octanol–water partition coefficient (Wildman–Crippen LogP) is 4.84. The molecule has 1 aliphatic heterocycles. The van der Waals surface area contributed by atoms with Crippen molar-refractivity contribution in [2.45, 2.75) is 32.2 Å². The molecule has 1 N–H and O–H groups in total. The first-order valence-electron chi connectivity index (χ1n) is 9.78. The Hall–Kier alpha value is -3.14. The van der Waals surface area contributed by atoms with Gasteiger partial charge in [0.1, 0.15) is 0 Å². The maximum absolute atomic E-state index is 12.7. The zero-order valence-corrected chi connectivity index (χ0v) is 16.0. The molecule has 2 heterocycles. The Morgan fingerprint density at radius 3 is 2.57 bits per heavy atom. The van der Waals surface area contributed by atoms with Crippen LogP contribution in [0, 0.1) is 0 Å². The number of rotatable bonds is 5. The van der Waals surface area contributed by atoms with Crippen molar-refractivity contribution in [2.75, 3.05) is 6.54 Å². The fourth-order valence-corrected chi connectivity index (χ4v) is 3.95. The van der Waals surface area contributed by atoms with Crippen LogP contribution in [0.5, 0.6) is 0 Å². The number of hydrogen-bond acceptors (Lipinski definition) is 2. The van der Waals surface area contributed by atoms with E-state index in [4.69, 9.17) is 0 Å². The molecule has 2 aromatic carbocycles. The zero-order valence-electron chi connectivity index (χ0n) is 16.0. The van der Waals surface area contributed by atoms with Gasteiger partial charge in [-0.05, 0) is 30.5 Å². The lowest BCUT2D eigenvalue weighted by atomic mass is 9.96. The maximum Gasteiger partial charge on any atom is 0.223 e. The van der Waals surface area contributed by atoms with Crippen molar-refractivity contribution >= 4 is 28.2 Å². The molecule has 0 aliphatic carbocycles. The lowest BCUT2D eigenvalue weighted by molar-refractivity contribution is -0.132. The Kier molecular flexibility index (Phi) is 5.11. The summed E-state index contributed by atoms with van der Waals surface area (Å²) >= 11 is 0. The first-order chi connectivity index (χ1) is 13.6. The van der Waals surface area contributed by atoms with Crippen LogP contribution in [0.1, 0.15) is 42.1 Å². The van der Waals surface area contributed by atoms with E-state index in [1.54, 1.807) is 6.20 Å². The molecule has 0 bridgehead atoms. The van der Waals surface area contributed by atoms with Gasteiger partial charge < -0.3 is 9.88 Å². The highest BCUT2D eigenvalue weighted by Gasteiger charge is 2.24. The summed E-state index contributed by atoms with van der Waals surface area (Å²) in [5.41, 5.74) is 4.12. The van der Waals surface area contributed by atoms with Gasteiger partial charge in [0.05, 0.1) is 0 Å². The van der Waals surface area contributed by atoms with Gasteiger partial charge in [-0.3, -0.25) is 9.59 Å². The number of carbonyl (C=O) groups excluding carboxylic acids is 2. The van der Waals surface area contributed by atoms with Crippen LogP contribution >= 0.6 is 0 Å². The van der Waals surface area contributed by atoms with Crippen LogP contribution < -0.4 is 0 Å². The number of ketones is 1. The molecule has 0 fully saturated rings. The fraction of sp³-hybridized carbons (Fsp3) is 0.250. The van der Waals surface area contributed by atoms with Gasteiger partial charge in [-0.15, -0.1) is 0 Å². The van der Waals surface area contributed by atoms with E-state index >= 15 is 0 Å². The molecule has 4 nitrogen and oxygen atoms in total. The van der Waals surface area contributed by atoms with E-state index in [2.05, 4.69) is 23.2 Å². The molecular weight excluding hydrogens is 348 g/mol. The Bertz CT molecular complexity index is 1030. The van der Waals surface area contributed by atoms with Crippen molar-refractivity contribution in [3.63, 3.8) is 0 Å². The van der Waals surface area contributed by atoms with Crippen LogP contribution in [0.15, 0.2) is 66.9 Å². The van der Waals surface area contributed by atoms with E-state index in [9.17, 15) is 9.59 Å². The highest BCUT2D eigenvalue weighted by Crippen LogP contribution is 2.26. The SMILES string of the molecule is CC1C=C(c2ccccc2)CCN1C(=O)CCC(=O)c1c[nH]c2ccccc12. The van der Waals surface area contributed by atoms with E-state index < -0.39 is 0 Å². The minimum Gasteiger partial charge on any atom is -0.360 e. The number of Topliss-reactive ketones (excluding diaryl/α,β-unsaturated/α-hetero) is 1.